The number of nitrogens with zero attached hydrogens (tertiary/aromatic N) is 11. The summed E-state index contributed by atoms with van der Waals surface area (Å²) in [6, 6.07) is 0. The van der Waals surface area contributed by atoms with Crippen LogP contribution < -0.4 is 0 Å². The molecule has 15 nitrogen and oxygen atoms in total. The van der Waals surface area contributed by atoms with Crippen molar-refractivity contribution in [3.05, 3.63) is 29.6 Å². The molecule has 4 rings (SSSR count). The van der Waals surface area contributed by atoms with Gasteiger partial charge in [0, 0.05) is 0 Å². The average Bonchev–Trinajstić information content (AvgIpc) is 3.35. The van der Waals surface area contributed by atoms with Crippen molar-refractivity contribution in [2.75, 3.05) is 0 Å². The fraction of sp³-hybridized carbons (Fsp3) is 0.375. The molecule has 4 aromatic heterocycles. The van der Waals surface area contributed by atoms with E-state index in [0.29, 0.717) is 29.7 Å². The van der Waals surface area contributed by atoms with Gasteiger partial charge in [-0.25, -0.2) is 4.98 Å². The van der Waals surface area contributed by atoms with Gasteiger partial charge in [-0.15, -0.1) is 30.6 Å². The Morgan fingerprint density at radius 3 is 1.78 bits per heavy atom. The number of aromatic nitrogens is 15. The predicted molar refractivity (Wildman–Crippen MR) is 67.2 cm³/mol. The van der Waals surface area contributed by atoms with E-state index in [-0.39, 0.29) is 5.92 Å². The van der Waals surface area contributed by atoms with Gasteiger partial charge in [0.1, 0.15) is 12.2 Å². The molecular weight excluding hydrogens is 306 g/mol. The van der Waals surface area contributed by atoms with Crippen LogP contribution >= 0.6 is 0 Å². The summed E-state index contributed by atoms with van der Waals surface area (Å²) in [5.41, 5.74) is 0. The number of hydrogen-bond acceptors (Lipinski definition) is 11. The molecule has 0 saturated heterocycles. The molecule has 0 spiro atoms. The minimum absolute atomic E-state index is 0.349. The number of H-pyrrole nitrogens is 4. The largest absolute Gasteiger partial charge is 0.263 e. The van der Waals surface area contributed by atoms with Gasteiger partial charge in [0.05, 0.1) is 11.8 Å². The highest BCUT2D eigenvalue weighted by Crippen LogP contribution is 2.32. The molecule has 0 aliphatic carbocycles. The van der Waals surface area contributed by atoms with Gasteiger partial charge in [-0.2, -0.15) is 20.7 Å². The summed E-state index contributed by atoms with van der Waals surface area (Å²) < 4.78 is 0. The van der Waals surface area contributed by atoms with Crippen molar-refractivity contribution in [1.29, 1.82) is 0 Å². The second-order valence-corrected chi connectivity index (χ2v) is 4.52. The lowest BCUT2D eigenvalue weighted by atomic mass is 9.92. The number of aromatic amines is 4. The SMILES string of the molecule is c1n[nH]c(C(CC(c2nn[nH]n2)c2nn[nH]n2)c2nn[nH]n2)n1. The highest BCUT2D eigenvalue weighted by molar-refractivity contribution is 5.15. The lowest BCUT2D eigenvalue weighted by Gasteiger charge is -2.14. The van der Waals surface area contributed by atoms with Crippen LogP contribution in [0.4, 0.5) is 0 Å². The fourth-order valence-electron chi connectivity index (χ4n) is 2.24. The second-order valence-electron chi connectivity index (χ2n) is 4.52. The molecule has 1 atom stereocenters. The molecule has 0 aromatic carbocycles. The molecule has 0 amide bonds. The van der Waals surface area contributed by atoms with Crippen LogP contribution in [0.25, 0.3) is 0 Å². The molecule has 0 aliphatic heterocycles. The Bertz CT molecular complexity index is 660. The van der Waals surface area contributed by atoms with E-state index in [0.717, 1.165) is 0 Å². The van der Waals surface area contributed by atoms with Gasteiger partial charge in [0.15, 0.2) is 17.5 Å². The average molecular weight is 315 g/mol. The molecule has 23 heavy (non-hydrogen) atoms. The third kappa shape index (κ3) is 2.49. The normalized spacial score (nSPS) is 12.7. The molecule has 0 fully saturated rings. The van der Waals surface area contributed by atoms with Crippen LogP contribution in [-0.4, -0.2) is 77.1 Å². The molecule has 4 heterocycles. The van der Waals surface area contributed by atoms with Crippen LogP contribution in [0.15, 0.2) is 6.33 Å². The van der Waals surface area contributed by atoms with E-state index in [1.165, 1.54) is 6.33 Å². The Hall–Kier alpha value is -3.65. The first kappa shape index (κ1) is 13.0. The van der Waals surface area contributed by atoms with E-state index in [2.05, 4.69) is 77.1 Å². The van der Waals surface area contributed by atoms with Gasteiger partial charge in [-0.3, -0.25) is 5.10 Å². The first-order valence-electron chi connectivity index (χ1n) is 6.47. The number of rotatable bonds is 6. The van der Waals surface area contributed by atoms with Crippen LogP contribution in [0, 0.1) is 0 Å². The standard InChI is InChI=1S/C8H9N15/c1(3(5-9-2-10-11-5)6-12-18-19-13-6)4(7-14-20-21-15-7)8-16-22-23-17-8/h2-4H,1H2,(H,9,10,11)(H,12,13,18,19)(H,14,15,20,21)(H,16,17,22,23). The maximum atomic E-state index is 4.17. The van der Waals surface area contributed by atoms with Crippen LogP contribution in [-0.2, 0) is 0 Å². The maximum Gasteiger partial charge on any atom is 0.185 e. The van der Waals surface area contributed by atoms with E-state index < -0.39 is 5.92 Å². The lowest BCUT2D eigenvalue weighted by molar-refractivity contribution is 0.554. The molecule has 15 heteroatoms. The minimum atomic E-state index is -0.402. The van der Waals surface area contributed by atoms with E-state index in [9.17, 15) is 0 Å². The van der Waals surface area contributed by atoms with Crippen molar-refractivity contribution >= 4 is 0 Å². The van der Waals surface area contributed by atoms with Gasteiger partial charge < -0.3 is 0 Å². The minimum Gasteiger partial charge on any atom is -0.263 e. The van der Waals surface area contributed by atoms with E-state index in [4.69, 9.17) is 0 Å². The quantitative estimate of drug-likeness (QED) is 0.297. The zero-order chi connectivity index (χ0) is 15.5. The van der Waals surface area contributed by atoms with Crippen molar-refractivity contribution in [1.82, 2.24) is 77.1 Å². The zero-order valence-electron chi connectivity index (χ0n) is 11.4. The predicted octanol–water partition coefficient (Wildman–Crippen LogP) is -2.30. The third-order valence-electron chi connectivity index (χ3n) is 3.26. The molecule has 0 aliphatic rings. The van der Waals surface area contributed by atoms with Crippen molar-refractivity contribution in [2.24, 2.45) is 0 Å². The van der Waals surface area contributed by atoms with Crippen molar-refractivity contribution in [3.8, 4) is 0 Å². The number of nitrogens with one attached hydrogen (secondary N) is 4. The van der Waals surface area contributed by atoms with Crippen molar-refractivity contribution in [3.63, 3.8) is 0 Å². The summed E-state index contributed by atoms with van der Waals surface area (Å²) in [5, 5.41) is 48.8. The molecule has 0 bridgehead atoms. The lowest BCUT2D eigenvalue weighted by Crippen LogP contribution is -2.15. The molecule has 4 aromatic rings. The molecule has 0 saturated carbocycles. The Labute approximate surface area is 126 Å². The summed E-state index contributed by atoms with van der Waals surface area (Å²) in [4.78, 5) is 4.17. The monoisotopic (exact) mass is 315 g/mol. The third-order valence-corrected chi connectivity index (χ3v) is 3.26. The Morgan fingerprint density at radius 2 is 1.35 bits per heavy atom. The summed E-state index contributed by atoms with van der Waals surface area (Å²) in [6.07, 6.45) is 1.81. The van der Waals surface area contributed by atoms with Gasteiger partial charge in [-0.1, -0.05) is 15.6 Å². The summed E-state index contributed by atoms with van der Waals surface area (Å²) in [6.45, 7) is 0. The molecule has 0 radical (unpaired) electrons. The highest BCUT2D eigenvalue weighted by atomic mass is 15.5. The van der Waals surface area contributed by atoms with E-state index >= 15 is 0 Å². The van der Waals surface area contributed by atoms with Gasteiger partial charge in [-0.05, 0) is 6.42 Å². The Morgan fingerprint density at radius 1 is 0.783 bits per heavy atom. The van der Waals surface area contributed by atoms with Crippen LogP contribution in [0.1, 0.15) is 41.6 Å². The van der Waals surface area contributed by atoms with Gasteiger partial charge in [0.2, 0.25) is 0 Å². The van der Waals surface area contributed by atoms with Crippen molar-refractivity contribution in [2.45, 2.75) is 18.3 Å². The second kappa shape index (κ2) is 5.62. The maximum absolute atomic E-state index is 4.17. The first-order valence-corrected chi connectivity index (χ1v) is 6.47. The highest BCUT2D eigenvalue weighted by Gasteiger charge is 2.32. The molecule has 1 unspecified atom stereocenters. The molecule has 4 N–H and O–H groups in total. The fourth-order valence-corrected chi connectivity index (χ4v) is 2.24. The summed E-state index contributed by atoms with van der Waals surface area (Å²) in [7, 11) is 0. The summed E-state index contributed by atoms with van der Waals surface area (Å²) >= 11 is 0. The van der Waals surface area contributed by atoms with Crippen molar-refractivity contribution < 1.29 is 0 Å². The van der Waals surface area contributed by atoms with Crippen LogP contribution in [0.3, 0.4) is 0 Å². The summed E-state index contributed by atoms with van der Waals surface area (Å²) in [5.74, 6) is 1.10. The molecule has 116 valence electrons. The van der Waals surface area contributed by atoms with Gasteiger partial charge >= 0.3 is 0 Å². The smallest absolute Gasteiger partial charge is 0.185 e. The van der Waals surface area contributed by atoms with E-state index in [1.807, 2.05) is 0 Å². The van der Waals surface area contributed by atoms with E-state index in [1.54, 1.807) is 0 Å². The Kier molecular flexibility index (Phi) is 3.19. The topological polar surface area (TPSA) is 205 Å². The zero-order valence-corrected chi connectivity index (χ0v) is 11.4. The number of hydrogen-bond donors (Lipinski definition) is 4. The van der Waals surface area contributed by atoms with Crippen LogP contribution in [0.2, 0.25) is 0 Å². The Balaban J connectivity index is 1.71. The first-order chi connectivity index (χ1) is 11.4. The number of tetrazole rings is 3. The van der Waals surface area contributed by atoms with Gasteiger partial charge in [0.25, 0.3) is 0 Å². The molecular formula is C8H9N15. The van der Waals surface area contributed by atoms with Crippen LogP contribution in [0.5, 0.6) is 0 Å².